The van der Waals surface area contributed by atoms with Crippen molar-refractivity contribution in [2.45, 2.75) is 37.8 Å². The zero-order valence-electron chi connectivity index (χ0n) is 8.71. The monoisotopic (exact) mass is 208 g/mol. The van der Waals surface area contributed by atoms with Crippen molar-refractivity contribution < 1.29 is 0 Å². The van der Waals surface area contributed by atoms with E-state index in [2.05, 4.69) is 20.4 Å². The number of tetrazole rings is 1. The predicted octanol–water partition coefficient (Wildman–Crippen LogP) is 0.0546. The normalized spacial score (nSPS) is 31.7. The van der Waals surface area contributed by atoms with E-state index in [0.29, 0.717) is 12.0 Å². The number of hydrogen-bond acceptors (Lipinski definition) is 5. The summed E-state index contributed by atoms with van der Waals surface area (Å²) < 4.78 is 1.79. The molecule has 3 rings (SSSR count). The highest BCUT2D eigenvalue weighted by molar-refractivity contribution is 5.12. The highest BCUT2D eigenvalue weighted by Crippen LogP contribution is 2.33. The van der Waals surface area contributed by atoms with Gasteiger partial charge < -0.3 is 10.6 Å². The molecule has 0 amide bonds. The Morgan fingerprint density at radius 3 is 2.93 bits per heavy atom. The second-order valence-electron chi connectivity index (χ2n) is 4.49. The average molecular weight is 208 g/mol. The smallest absolute Gasteiger partial charge is 0.240 e. The molecule has 0 bridgehead atoms. The molecule has 2 saturated heterocycles. The molecule has 3 heterocycles. The number of rotatable bonds is 1. The first-order valence-electron chi connectivity index (χ1n) is 5.62. The quantitative estimate of drug-likeness (QED) is 0.706. The molecule has 0 radical (unpaired) electrons. The lowest BCUT2D eigenvalue weighted by Crippen LogP contribution is -2.39. The van der Waals surface area contributed by atoms with E-state index in [1.165, 1.54) is 19.4 Å². The number of nitrogens with two attached hydrogens (primary N) is 1. The van der Waals surface area contributed by atoms with Crippen molar-refractivity contribution in [3.05, 3.63) is 0 Å². The molecule has 1 aromatic heterocycles. The van der Waals surface area contributed by atoms with Gasteiger partial charge in [0.25, 0.3) is 0 Å². The lowest BCUT2D eigenvalue weighted by atomic mass is 9.98. The third-order valence-electron chi connectivity index (χ3n) is 3.66. The summed E-state index contributed by atoms with van der Waals surface area (Å²) in [6.07, 6.45) is 4.92. The van der Waals surface area contributed by atoms with Crippen molar-refractivity contribution >= 4 is 5.95 Å². The van der Waals surface area contributed by atoms with Crippen LogP contribution in [0.15, 0.2) is 0 Å². The van der Waals surface area contributed by atoms with Crippen LogP contribution in [0.25, 0.3) is 0 Å². The Bertz CT molecular complexity index is 348. The number of hydrogen-bond donors (Lipinski definition) is 1. The molecule has 0 aromatic carbocycles. The van der Waals surface area contributed by atoms with Crippen LogP contribution < -0.4 is 5.73 Å². The van der Waals surface area contributed by atoms with E-state index < -0.39 is 0 Å². The molecule has 2 atom stereocenters. The minimum Gasteiger partial charge on any atom is -0.367 e. The Morgan fingerprint density at radius 2 is 2.13 bits per heavy atom. The fourth-order valence-electron chi connectivity index (χ4n) is 2.89. The van der Waals surface area contributed by atoms with E-state index in [9.17, 15) is 0 Å². The number of anilines is 1. The largest absolute Gasteiger partial charge is 0.367 e. The first kappa shape index (κ1) is 9.08. The maximum absolute atomic E-state index is 5.72. The Hall–Kier alpha value is -1.17. The first-order valence-corrected chi connectivity index (χ1v) is 5.62. The van der Waals surface area contributed by atoms with Crippen molar-refractivity contribution in [1.29, 1.82) is 0 Å². The van der Waals surface area contributed by atoms with Gasteiger partial charge in [0.1, 0.15) is 0 Å². The van der Waals surface area contributed by atoms with Gasteiger partial charge in [0.15, 0.2) is 0 Å². The van der Waals surface area contributed by atoms with Crippen molar-refractivity contribution in [1.82, 2.24) is 25.1 Å². The molecular weight excluding hydrogens is 192 g/mol. The van der Waals surface area contributed by atoms with Gasteiger partial charge in [-0.1, -0.05) is 5.10 Å². The maximum atomic E-state index is 5.72. The molecule has 2 N–H and O–H groups in total. The molecule has 6 heteroatoms. The van der Waals surface area contributed by atoms with E-state index in [4.69, 9.17) is 5.73 Å². The van der Waals surface area contributed by atoms with Crippen LogP contribution in [-0.4, -0.2) is 44.2 Å². The topological polar surface area (TPSA) is 72.9 Å². The molecule has 82 valence electrons. The number of piperidine rings is 1. The third-order valence-corrected chi connectivity index (χ3v) is 3.66. The van der Waals surface area contributed by atoms with E-state index in [1.807, 2.05) is 0 Å². The minimum atomic E-state index is 0.402. The third kappa shape index (κ3) is 1.49. The van der Waals surface area contributed by atoms with Crippen molar-refractivity contribution in [2.75, 3.05) is 18.8 Å². The Morgan fingerprint density at radius 1 is 1.20 bits per heavy atom. The van der Waals surface area contributed by atoms with Crippen LogP contribution in [0.1, 0.15) is 31.7 Å². The summed E-state index contributed by atoms with van der Waals surface area (Å²) in [6, 6.07) is 1.13. The Labute approximate surface area is 88.4 Å². The molecule has 2 aliphatic rings. The van der Waals surface area contributed by atoms with Crippen molar-refractivity contribution in [3.63, 3.8) is 0 Å². The number of aromatic nitrogens is 4. The molecule has 0 aliphatic carbocycles. The van der Waals surface area contributed by atoms with Gasteiger partial charge >= 0.3 is 0 Å². The van der Waals surface area contributed by atoms with Gasteiger partial charge in [0.2, 0.25) is 5.95 Å². The SMILES string of the molecule is Nc1nnnn1C1CCN2CCCC2C1. The van der Waals surface area contributed by atoms with Gasteiger partial charge in [-0.25, -0.2) is 4.68 Å². The van der Waals surface area contributed by atoms with Crippen molar-refractivity contribution in [3.8, 4) is 0 Å². The molecule has 0 saturated carbocycles. The summed E-state index contributed by atoms with van der Waals surface area (Å²) in [6.45, 7) is 2.43. The fraction of sp³-hybridized carbons (Fsp3) is 0.889. The lowest BCUT2D eigenvalue weighted by molar-refractivity contribution is 0.149. The number of nitrogen functional groups attached to an aromatic ring is 1. The van der Waals surface area contributed by atoms with Gasteiger partial charge in [-0.2, -0.15) is 0 Å². The summed E-state index contributed by atoms with van der Waals surface area (Å²) in [7, 11) is 0. The van der Waals surface area contributed by atoms with Gasteiger partial charge in [0, 0.05) is 12.6 Å². The van der Waals surface area contributed by atoms with Crippen LogP contribution in [0, 0.1) is 0 Å². The second-order valence-corrected chi connectivity index (χ2v) is 4.49. The average Bonchev–Trinajstić information content (AvgIpc) is 2.84. The standard InChI is InChI=1S/C9H16N6/c10-9-11-12-13-15(9)8-3-5-14-4-1-2-7(14)6-8/h7-8H,1-6H2,(H2,10,11,13). The second kappa shape index (κ2) is 3.44. The predicted molar refractivity (Wildman–Crippen MR) is 55.1 cm³/mol. The molecule has 6 nitrogen and oxygen atoms in total. The maximum Gasteiger partial charge on any atom is 0.240 e. The number of fused-ring (bicyclic) bond motifs is 1. The summed E-state index contributed by atoms with van der Waals surface area (Å²) in [5.74, 6) is 0.450. The first-order chi connectivity index (χ1) is 7.34. The lowest BCUT2D eigenvalue weighted by Gasteiger charge is -2.34. The van der Waals surface area contributed by atoms with Crippen molar-refractivity contribution in [2.24, 2.45) is 0 Å². The summed E-state index contributed by atoms with van der Waals surface area (Å²) in [5, 5.41) is 11.3. The molecular formula is C9H16N6. The van der Waals surface area contributed by atoms with E-state index in [0.717, 1.165) is 25.4 Å². The summed E-state index contributed by atoms with van der Waals surface area (Å²) in [5.41, 5.74) is 5.72. The van der Waals surface area contributed by atoms with Gasteiger partial charge in [0.05, 0.1) is 6.04 Å². The van der Waals surface area contributed by atoms with E-state index in [1.54, 1.807) is 4.68 Å². The van der Waals surface area contributed by atoms with Crippen LogP contribution >= 0.6 is 0 Å². The van der Waals surface area contributed by atoms with Crippen LogP contribution in [0.2, 0.25) is 0 Å². The molecule has 2 unspecified atom stereocenters. The summed E-state index contributed by atoms with van der Waals surface area (Å²) in [4.78, 5) is 2.58. The Balaban J connectivity index is 1.76. The molecule has 15 heavy (non-hydrogen) atoms. The van der Waals surface area contributed by atoms with E-state index in [-0.39, 0.29) is 0 Å². The minimum absolute atomic E-state index is 0.402. The highest BCUT2D eigenvalue weighted by atomic mass is 15.6. The van der Waals surface area contributed by atoms with Crippen LogP contribution in [-0.2, 0) is 0 Å². The number of nitrogens with zero attached hydrogens (tertiary/aromatic N) is 5. The zero-order chi connectivity index (χ0) is 10.3. The van der Waals surface area contributed by atoms with Gasteiger partial charge in [-0.15, -0.1) is 0 Å². The van der Waals surface area contributed by atoms with Gasteiger partial charge in [-0.3, -0.25) is 0 Å². The zero-order valence-corrected chi connectivity index (χ0v) is 8.71. The molecule has 2 aliphatic heterocycles. The fourth-order valence-corrected chi connectivity index (χ4v) is 2.89. The van der Waals surface area contributed by atoms with Crippen LogP contribution in [0.4, 0.5) is 5.95 Å². The highest BCUT2D eigenvalue weighted by Gasteiger charge is 2.33. The molecule has 2 fully saturated rings. The molecule has 1 aromatic rings. The van der Waals surface area contributed by atoms with Crippen LogP contribution in [0.3, 0.4) is 0 Å². The summed E-state index contributed by atoms with van der Waals surface area (Å²) >= 11 is 0. The van der Waals surface area contributed by atoms with E-state index >= 15 is 0 Å². The van der Waals surface area contributed by atoms with Gasteiger partial charge in [-0.05, 0) is 42.7 Å². The molecule has 0 spiro atoms. The van der Waals surface area contributed by atoms with Crippen LogP contribution in [0.5, 0.6) is 0 Å². The Kier molecular flexibility index (Phi) is 2.09.